The van der Waals surface area contributed by atoms with Crippen LogP contribution in [0.5, 0.6) is 0 Å². The van der Waals surface area contributed by atoms with E-state index in [1.54, 1.807) is 12.1 Å². The van der Waals surface area contributed by atoms with Crippen LogP contribution in [0, 0.1) is 0 Å². The van der Waals surface area contributed by atoms with E-state index in [9.17, 15) is 9.90 Å². The first-order valence-corrected chi connectivity index (χ1v) is 5.53. The van der Waals surface area contributed by atoms with Crippen LogP contribution in [0.15, 0.2) is 30.3 Å². The first-order chi connectivity index (χ1) is 7.25. The fourth-order valence-electron chi connectivity index (χ4n) is 1.51. The lowest BCUT2D eigenvalue weighted by atomic mass is 10.0. The Morgan fingerprint density at radius 2 is 1.93 bits per heavy atom. The minimum absolute atomic E-state index is 0.160. The molecule has 15 heavy (non-hydrogen) atoms. The molecule has 0 radical (unpaired) electrons. The lowest BCUT2D eigenvalue weighted by molar-refractivity contribution is 0.0725. The summed E-state index contributed by atoms with van der Waals surface area (Å²) in [4.78, 5) is 11.7. The van der Waals surface area contributed by atoms with E-state index in [1.165, 1.54) is 0 Å². The maximum atomic E-state index is 11.7. The number of Topliss-reactive ketones (excluding diaryl/α,β-unsaturated/α-hetero) is 1. The second kappa shape index (κ2) is 6.36. The van der Waals surface area contributed by atoms with Crippen molar-refractivity contribution in [2.75, 3.05) is 0 Å². The average molecular weight is 206 g/mol. The van der Waals surface area contributed by atoms with Gasteiger partial charge in [0.1, 0.15) is 6.10 Å². The zero-order valence-corrected chi connectivity index (χ0v) is 9.15. The maximum absolute atomic E-state index is 11.7. The molecule has 0 amide bonds. The molecule has 1 N–H and O–H groups in total. The topological polar surface area (TPSA) is 37.3 Å². The third-order valence-corrected chi connectivity index (χ3v) is 2.44. The zero-order chi connectivity index (χ0) is 11.1. The van der Waals surface area contributed by atoms with E-state index < -0.39 is 6.10 Å². The lowest BCUT2D eigenvalue weighted by Crippen LogP contribution is -2.20. The monoisotopic (exact) mass is 206 g/mol. The zero-order valence-electron chi connectivity index (χ0n) is 9.15. The summed E-state index contributed by atoms with van der Waals surface area (Å²) in [5.41, 5.74) is 0.599. The molecule has 1 aromatic carbocycles. The summed E-state index contributed by atoms with van der Waals surface area (Å²) >= 11 is 0. The maximum Gasteiger partial charge on any atom is 0.191 e. The molecule has 0 spiro atoms. The average Bonchev–Trinajstić information content (AvgIpc) is 2.29. The summed E-state index contributed by atoms with van der Waals surface area (Å²) < 4.78 is 0. The number of carbonyl (C=O) groups excluding carboxylic acids is 1. The predicted octanol–water partition coefficient (Wildman–Crippen LogP) is 2.81. The SMILES string of the molecule is CCCCC[C@@H](O)C(=O)c1ccccc1. The molecule has 1 aromatic rings. The number of unbranched alkanes of at least 4 members (excludes halogenated alkanes) is 2. The molecule has 82 valence electrons. The minimum atomic E-state index is -0.834. The van der Waals surface area contributed by atoms with Crippen molar-refractivity contribution in [2.24, 2.45) is 0 Å². The molecule has 0 saturated heterocycles. The Bertz CT molecular complexity index is 293. The van der Waals surface area contributed by atoms with E-state index in [0.29, 0.717) is 12.0 Å². The van der Waals surface area contributed by atoms with Crippen molar-refractivity contribution in [1.29, 1.82) is 0 Å². The van der Waals surface area contributed by atoms with Crippen molar-refractivity contribution >= 4 is 5.78 Å². The Morgan fingerprint density at radius 3 is 2.53 bits per heavy atom. The fourth-order valence-corrected chi connectivity index (χ4v) is 1.51. The highest BCUT2D eigenvalue weighted by Gasteiger charge is 2.15. The molecule has 0 heterocycles. The second-order valence-electron chi connectivity index (χ2n) is 3.74. The van der Waals surface area contributed by atoms with Gasteiger partial charge in [0.2, 0.25) is 0 Å². The van der Waals surface area contributed by atoms with Crippen LogP contribution in [0.4, 0.5) is 0 Å². The van der Waals surface area contributed by atoms with E-state index >= 15 is 0 Å². The van der Waals surface area contributed by atoms with Gasteiger partial charge in [-0.3, -0.25) is 4.79 Å². The first kappa shape index (κ1) is 11.9. The number of hydrogen-bond acceptors (Lipinski definition) is 2. The Hall–Kier alpha value is -1.15. The molecule has 0 fully saturated rings. The summed E-state index contributed by atoms with van der Waals surface area (Å²) in [6.07, 6.45) is 2.82. The summed E-state index contributed by atoms with van der Waals surface area (Å²) in [5.74, 6) is -0.160. The number of rotatable bonds is 6. The Kier molecular flexibility index (Phi) is 5.05. The molecule has 2 heteroatoms. The van der Waals surface area contributed by atoms with Gasteiger partial charge in [-0.15, -0.1) is 0 Å². The normalized spacial score (nSPS) is 12.4. The Labute approximate surface area is 90.9 Å². The number of hydrogen-bond donors (Lipinski definition) is 1. The van der Waals surface area contributed by atoms with Crippen molar-refractivity contribution in [3.8, 4) is 0 Å². The molecule has 0 bridgehead atoms. The van der Waals surface area contributed by atoms with Gasteiger partial charge in [-0.1, -0.05) is 56.5 Å². The van der Waals surface area contributed by atoms with Crippen LogP contribution in [-0.2, 0) is 0 Å². The van der Waals surface area contributed by atoms with Gasteiger partial charge in [-0.05, 0) is 6.42 Å². The minimum Gasteiger partial charge on any atom is -0.385 e. The van der Waals surface area contributed by atoms with E-state index in [1.807, 2.05) is 18.2 Å². The molecule has 0 aliphatic rings. The van der Waals surface area contributed by atoms with Gasteiger partial charge in [-0.2, -0.15) is 0 Å². The summed E-state index contributed by atoms with van der Waals surface area (Å²) in [7, 11) is 0. The van der Waals surface area contributed by atoms with Crippen molar-refractivity contribution in [3.05, 3.63) is 35.9 Å². The number of aliphatic hydroxyl groups is 1. The van der Waals surface area contributed by atoms with Crippen LogP contribution in [0.25, 0.3) is 0 Å². The molecule has 1 atom stereocenters. The van der Waals surface area contributed by atoms with Crippen LogP contribution in [0.2, 0.25) is 0 Å². The molecule has 1 rings (SSSR count). The molecule has 2 nitrogen and oxygen atoms in total. The van der Waals surface area contributed by atoms with Crippen molar-refractivity contribution in [2.45, 2.75) is 38.7 Å². The van der Waals surface area contributed by atoms with Crippen LogP contribution in [-0.4, -0.2) is 17.0 Å². The third kappa shape index (κ3) is 3.84. The molecule has 0 aliphatic heterocycles. The number of carbonyl (C=O) groups is 1. The summed E-state index contributed by atoms with van der Waals surface area (Å²) in [5, 5.41) is 9.65. The second-order valence-corrected chi connectivity index (χ2v) is 3.74. The van der Waals surface area contributed by atoms with Crippen molar-refractivity contribution in [1.82, 2.24) is 0 Å². The van der Waals surface area contributed by atoms with Gasteiger partial charge in [0.05, 0.1) is 0 Å². The number of aliphatic hydroxyl groups excluding tert-OH is 1. The molecule has 0 aromatic heterocycles. The number of ketones is 1. The smallest absolute Gasteiger partial charge is 0.191 e. The van der Waals surface area contributed by atoms with Gasteiger partial charge in [0.15, 0.2) is 5.78 Å². The van der Waals surface area contributed by atoms with Crippen LogP contribution in [0.3, 0.4) is 0 Å². The lowest BCUT2D eigenvalue weighted by Gasteiger charge is -2.08. The van der Waals surface area contributed by atoms with Crippen LogP contribution in [0.1, 0.15) is 43.0 Å². The van der Waals surface area contributed by atoms with E-state index in [2.05, 4.69) is 6.92 Å². The molecular formula is C13H18O2. The highest BCUT2D eigenvalue weighted by molar-refractivity contribution is 5.99. The molecule has 0 aliphatic carbocycles. The van der Waals surface area contributed by atoms with Crippen LogP contribution >= 0.6 is 0 Å². The molecular weight excluding hydrogens is 188 g/mol. The van der Waals surface area contributed by atoms with Crippen LogP contribution < -0.4 is 0 Å². The van der Waals surface area contributed by atoms with Crippen molar-refractivity contribution < 1.29 is 9.90 Å². The highest BCUT2D eigenvalue weighted by atomic mass is 16.3. The summed E-state index contributed by atoms with van der Waals surface area (Å²) in [6.45, 7) is 2.10. The Morgan fingerprint density at radius 1 is 1.27 bits per heavy atom. The quantitative estimate of drug-likeness (QED) is 0.574. The van der Waals surface area contributed by atoms with Crippen molar-refractivity contribution in [3.63, 3.8) is 0 Å². The van der Waals surface area contributed by atoms with Gasteiger partial charge in [0, 0.05) is 5.56 Å². The van der Waals surface area contributed by atoms with Gasteiger partial charge in [0.25, 0.3) is 0 Å². The third-order valence-electron chi connectivity index (χ3n) is 2.44. The van der Waals surface area contributed by atoms with Gasteiger partial charge in [-0.25, -0.2) is 0 Å². The largest absolute Gasteiger partial charge is 0.385 e. The van der Waals surface area contributed by atoms with E-state index in [4.69, 9.17) is 0 Å². The number of benzene rings is 1. The first-order valence-electron chi connectivity index (χ1n) is 5.53. The van der Waals surface area contributed by atoms with E-state index in [0.717, 1.165) is 19.3 Å². The Balaban J connectivity index is 2.46. The summed E-state index contributed by atoms with van der Waals surface area (Å²) in [6, 6.07) is 8.97. The highest BCUT2D eigenvalue weighted by Crippen LogP contribution is 2.09. The standard InChI is InChI=1S/C13H18O2/c1-2-3-5-10-12(14)13(15)11-8-6-4-7-9-11/h4,6-9,12,14H,2-3,5,10H2,1H3/t12-/m1/s1. The molecule has 0 saturated carbocycles. The predicted molar refractivity (Wildman–Crippen MR) is 60.9 cm³/mol. The van der Waals surface area contributed by atoms with Gasteiger partial charge < -0.3 is 5.11 Å². The van der Waals surface area contributed by atoms with E-state index in [-0.39, 0.29) is 5.78 Å². The fraction of sp³-hybridized carbons (Fsp3) is 0.462. The van der Waals surface area contributed by atoms with Gasteiger partial charge >= 0.3 is 0 Å². The molecule has 0 unspecified atom stereocenters.